The van der Waals surface area contributed by atoms with Crippen LogP contribution in [0.3, 0.4) is 0 Å². The monoisotopic (exact) mass is 263 g/mol. The third-order valence-corrected chi connectivity index (χ3v) is 3.22. The van der Waals surface area contributed by atoms with Crippen molar-refractivity contribution in [1.82, 2.24) is 0 Å². The molecule has 5 nitrogen and oxygen atoms in total. The molecule has 0 radical (unpaired) electrons. The number of ether oxygens (including phenoxy) is 1. The van der Waals surface area contributed by atoms with Crippen LogP contribution in [0.4, 0.5) is 5.69 Å². The van der Waals surface area contributed by atoms with Crippen molar-refractivity contribution < 1.29 is 19.4 Å². The van der Waals surface area contributed by atoms with Crippen LogP contribution in [-0.2, 0) is 9.53 Å². The number of anilines is 1. The number of aliphatic hydroxyl groups excluding tert-OH is 1. The molecule has 1 amide bonds. The number of nitrogens with zero attached hydrogens (tertiary/aromatic N) is 1. The number of carbonyl (C=O) groups excluding carboxylic acids is 2. The van der Waals surface area contributed by atoms with Gasteiger partial charge in [-0.15, -0.1) is 0 Å². The number of ketones is 1. The summed E-state index contributed by atoms with van der Waals surface area (Å²) in [5.74, 6) is -0.946. The van der Waals surface area contributed by atoms with Gasteiger partial charge in [0.1, 0.15) is 0 Å². The molecule has 0 fully saturated rings. The quantitative estimate of drug-likeness (QED) is 0.631. The first-order chi connectivity index (χ1) is 9.07. The molecule has 0 aromatic heterocycles. The van der Waals surface area contributed by atoms with Gasteiger partial charge >= 0.3 is 0 Å². The van der Waals surface area contributed by atoms with Gasteiger partial charge in [0.2, 0.25) is 0 Å². The van der Waals surface area contributed by atoms with Crippen molar-refractivity contribution in [3.63, 3.8) is 0 Å². The highest BCUT2D eigenvalue weighted by Crippen LogP contribution is 2.34. The third-order valence-electron chi connectivity index (χ3n) is 3.22. The van der Waals surface area contributed by atoms with Crippen LogP contribution in [0.5, 0.6) is 0 Å². The molecule has 1 aliphatic rings. The number of fused-ring (bicyclic) bond motifs is 1. The molecule has 1 aromatic carbocycles. The van der Waals surface area contributed by atoms with Crippen molar-refractivity contribution in [3.8, 4) is 0 Å². The second-order valence-corrected chi connectivity index (χ2v) is 4.54. The SMILES string of the molecule is Cc1ccc(C)c2c1C(=O)C(=O)N2CCOCCO. The van der Waals surface area contributed by atoms with Crippen LogP contribution in [0.25, 0.3) is 0 Å². The van der Waals surface area contributed by atoms with Crippen molar-refractivity contribution in [2.45, 2.75) is 13.8 Å². The average molecular weight is 263 g/mol. The minimum atomic E-state index is -0.500. The van der Waals surface area contributed by atoms with Gasteiger partial charge in [0.05, 0.1) is 31.1 Å². The fraction of sp³-hybridized carbons (Fsp3) is 0.429. The number of carbonyl (C=O) groups is 2. The molecule has 0 bridgehead atoms. The van der Waals surface area contributed by atoms with Gasteiger partial charge in [-0.05, 0) is 25.0 Å². The van der Waals surface area contributed by atoms with Crippen molar-refractivity contribution >= 4 is 17.4 Å². The van der Waals surface area contributed by atoms with E-state index in [0.717, 1.165) is 11.1 Å². The lowest BCUT2D eigenvalue weighted by molar-refractivity contribution is -0.114. The van der Waals surface area contributed by atoms with E-state index < -0.39 is 11.7 Å². The van der Waals surface area contributed by atoms with Crippen LogP contribution in [-0.4, -0.2) is 43.2 Å². The summed E-state index contributed by atoms with van der Waals surface area (Å²) in [4.78, 5) is 25.5. The fourth-order valence-electron chi connectivity index (χ4n) is 2.30. The maximum atomic E-state index is 12.0. The number of hydrogen-bond acceptors (Lipinski definition) is 4. The van der Waals surface area contributed by atoms with Gasteiger partial charge in [-0.1, -0.05) is 12.1 Å². The fourth-order valence-corrected chi connectivity index (χ4v) is 2.30. The van der Waals surface area contributed by atoms with E-state index in [1.807, 2.05) is 26.0 Å². The molecule has 0 aliphatic carbocycles. The molecule has 19 heavy (non-hydrogen) atoms. The number of rotatable bonds is 5. The highest BCUT2D eigenvalue weighted by atomic mass is 16.5. The molecule has 0 spiro atoms. The molecule has 0 unspecified atom stereocenters. The Kier molecular flexibility index (Phi) is 3.97. The molecule has 5 heteroatoms. The second kappa shape index (κ2) is 5.50. The average Bonchev–Trinajstić information content (AvgIpc) is 2.65. The first kappa shape index (κ1) is 13.7. The number of Topliss-reactive ketones (excluding diaryl/α,β-unsaturated/α-hetero) is 1. The lowest BCUT2D eigenvalue weighted by Crippen LogP contribution is -2.33. The van der Waals surface area contributed by atoms with E-state index >= 15 is 0 Å². The summed E-state index contributed by atoms with van der Waals surface area (Å²) in [7, 11) is 0. The number of amides is 1. The highest BCUT2D eigenvalue weighted by molar-refractivity contribution is 6.52. The van der Waals surface area contributed by atoms with Crippen LogP contribution in [0.15, 0.2) is 12.1 Å². The Morgan fingerprint density at radius 2 is 1.84 bits per heavy atom. The summed E-state index contributed by atoms with van der Waals surface area (Å²) < 4.78 is 5.16. The Morgan fingerprint density at radius 1 is 1.16 bits per heavy atom. The van der Waals surface area contributed by atoms with Crippen LogP contribution in [0.1, 0.15) is 21.5 Å². The zero-order valence-electron chi connectivity index (χ0n) is 11.1. The Hall–Kier alpha value is -1.72. The van der Waals surface area contributed by atoms with E-state index in [1.54, 1.807) is 0 Å². The molecule has 1 N–H and O–H groups in total. The van der Waals surface area contributed by atoms with E-state index in [9.17, 15) is 9.59 Å². The number of aliphatic hydroxyl groups is 1. The van der Waals surface area contributed by atoms with Crippen LogP contribution in [0.2, 0.25) is 0 Å². The maximum absolute atomic E-state index is 12.0. The van der Waals surface area contributed by atoms with Gasteiger partial charge in [0, 0.05) is 6.54 Å². The zero-order valence-corrected chi connectivity index (χ0v) is 11.1. The number of hydrogen-bond donors (Lipinski definition) is 1. The maximum Gasteiger partial charge on any atom is 0.299 e. The number of aryl methyl sites for hydroxylation is 2. The molecule has 1 aliphatic heterocycles. The molecule has 2 rings (SSSR count). The summed E-state index contributed by atoms with van der Waals surface area (Å²) in [6.45, 7) is 4.51. The Balaban J connectivity index is 2.26. The summed E-state index contributed by atoms with van der Waals surface area (Å²) in [6.07, 6.45) is 0. The van der Waals surface area contributed by atoms with Crippen LogP contribution >= 0.6 is 0 Å². The van der Waals surface area contributed by atoms with Gasteiger partial charge in [0.15, 0.2) is 0 Å². The number of benzene rings is 1. The van der Waals surface area contributed by atoms with Gasteiger partial charge in [-0.2, -0.15) is 0 Å². The van der Waals surface area contributed by atoms with Gasteiger partial charge in [-0.3, -0.25) is 9.59 Å². The molecule has 1 aromatic rings. The zero-order chi connectivity index (χ0) is 14.0. The topological polar surface area (TPSA) is 66.8 Å². The molecule has 0 saturated carbocycles. The molecular weight excluding hydrogens is 246 g/mol. The van der Waals surface area contributed by atoms with Gasteiger partial charge in [-0.25, -0.2) is 0 Å². The molecule has 0 atom stereocenters. The molecule has 0 saturated heterocycles. The second-order valence-electron chi connectivity index (χ2n) is 4.54. The van der Waals surface area contributed by atoms with E-state index in [2.05, 4.69) is 0 Å². The minimum absolute atomic E-state index is 0.0540. The Bertz CT molecular complexity index is 524. The smallest absolute Gasteiger partial charge is 0.299 e. The molecule has 102 valence electrons. The molecular formula is C14H17NO4. The van der Waals surface area contributed by atoms with E-state index in [1.165, 1.54) is 4.90 Å². The third kappa shape index (κ3) is 2.39. The van der Waals surface area contributed by atoms with Gasteiger partial charge < -0.3 is 14.7 Å². The highest BCUT2D eigenvalue weighted by Gasteiger charge is 2.37. The van der Waals surface area contributed by atoms with E-state index in [4.69, 9.17) is 9.84 Å². The first-order valence-electron chi connectivity index (χ1n) is 6.23. The van der Waals surface area contributed by atoms with Crippen LogP contribution < -0.4 is 4.90 Å². The normalized spacial score (nSPS) is 14.2. The van der Waals surface area contributed by atoms with Crippen LogP contribution in [0, 0.1) is 13.8 Å². The van der Waals surface area contributed by atoms with Gasteiger partial charge in [0.25, 0.3) is 11.7 Å². The summed E-state index contributed by atoms with van der Waals surface area (Å²) >= 11 is 0. The summed E-state index contributed by atoms with van der Waals surface area (Å²) in [6, 6.07) is 3.76. The largest absolute Gasteiger partial charge is 0.394 e. The van der Waals surface area contributed by atoms with Crippen molar-refractivity contribution in [3.05, 3.63) is 28.8 Å². The first-order valence-corrected chi connectivity index (χ1v) is 6.23. The Labute approximate surface area is 111 Å². The van der Waals surface area contributed by atoms with Crippen molar-refractivity contribution in [2.24, 2.45) is 0 Å². The summed E-state index contributed by atoms with van der Waals surface area (Å²) in [5, 5.41) is 8.63. The predicted octanol–water partition coefficient (Wildman–Crippen LogP) is 0.842. The van der Waals surface area contributed by atoms with Crippen molar-refractivity contribution in [1.29, 1.82) is 0 Å². The minimum Gasteiger partial charge on any atom is -0.394 e. The van der Waals surface area contributed by atoms with E-state index in [0.29, 0.717) is 24.4 Å². The lowest BCUT2D eigenvalue weighted by Gasteiger charge is -2.18. The predicted molar refractivity (Wildman–Crippen MR) is 70.5 cm³/mol. The summed E-state index contributed by atoms with van der Waals surface area (Å²) in [5.41, 5.74) is 2.93. The lowest BCUT2D eigenvalue weighted by atomic mass is 10.0. The Morgan fingerprint density at radius 3 is 2.53 bits per heavy atom. The van der Waals surface area contributed by atoms with Crippen molar-refractivity contribution in [2.75, 3.05) is 31.3 Å². The van der Waals surface area contributed by atoms with E-state index in [-0.39, 0.29) is 13.2 Å². The molecule has 1 heterocycles. The standard InChI is InChI=1S/C14H17NO4/c1-9-3-4-10(2)12-11(9)13(17)14(18)15(12)5-7-19-8-6-16/h3-4,16H,5-8H2,1-2H3.